The maximum atomic E-state index is 12.0. The average molecular weight is 324 g/mol. The first-order valence-electron chi connectivity index (χ1n) is 5.84. The second kappa shape index (κ2) is 6.13. The third kappa shape index (κ3) is 3.33. The molecule has 1 amide bonds. The summed E-state index contributed by atoms with van der Waals surface area (Å²) in [5.41, 5.74) is 2.01. The number of halogens is 2. The topological polar surface area (TPSA) is 89.3 Å². The van der Waals surface area contributed by atoms with Crippen molar-refractivity contribution in [2.75, 3.05) is 5.32 Å². The molecule has 3 rings (SSSR count). The first-order valence-corrected chi connectivity index (χ1v) is 6.59. The number of imidazole rings is 1. The second-order valence-corrected chi connectivity index (χ2v) is 5.08. The molecule has 0 fully saturated rings. The normalized spacial score (nSPS) is 10.2. The zero-order valence-electron chi connectivity index (χ0n) is 10.7. The molecule has 0 saturated carbocycles. The summed E-state index contributed by atoms with van der Waals surface area (Å²) in [5, 5.41) is 3.89. The number of hydrogen-bond donors (Lipinski definition) is 2. The summed E-state index contributed by atoms with van der Waals surface area (Å²) in [6.07, 6.45) is 0. The van der Waals surface area contributed by atoms with Crippen LogP contribution in [-0.4, -0.2) is 21.4 Å². The molecule has 5 nitrogen and oxygen atoms in total. The van der Waals surface area contributed by atoms with Gasteiger partial charge in [-0.15, -0.1) is 0 Å². The summed E-state index contributed by atoms with van der Waals surface area (Å²) in [5.74, 6) is 0.119. The Labute approximate surface area is 130 Å². The van der Waals surface area contributed by atoms with E-state index in [-0.39, 0.29) is 11.4 Å². The molecule has 0 saturated heterocycles. The lowest BCUT2D eigenvalue weighted by molar-refractivity contribution is 0.102. The molecule has 0 aliphatic heterocycles. The highest BCUT2D eigenvalue weighted by atomic mass is 35.5. The Kier molecular flexibility index (Phi) is 4.47. The van der Waals surface area contributed by atoms with Crippen LogP contribution >= 0.6 is 23.2 Å². The standard InChI is InChI=1S/C14H9Cl2N3O.H2O/c15-9-3-1-8(2-4-9)13(20)19-14-17-11-6-5-10(16)7-12(11)18-14;/h1-7H,(H2,17,18,19,20);1H2. The van der Waals surface area contributed by atoms with Crippen molar-refractivity contribution in [1.29, 1.82) is 0 Å². The molecule has 0 radical (unpaired) electrons. The smallest absolute Gasteiger partial charge is 0.257 e. The van der Waals surface area contributed by atoms with Crippen LogP contribution in [0.15, 0.2) is 42.5 Å². The van der Waals surface area contributed by atoms with Crippen LogP contribution in [0.2, 0.25) is 10.0 Å². The highest BCUT2D eigenvalue weighted by molar-refractivity contribution is 6.31. The van der Waals surface area contributed by atoms with Gasteiger partial charge in [0.25, 0.3) is 5.91 Å². The number of H-pyrrole nitrogens is 1. The van der Waals surface area contributed by atoms with Crippen molar-refractivity contribution in [2.24, 2.45) is 0 Å². The van der Waals surface area contributed by atoms with Gasteiger partial charge in [-0.1, -0.05) is 23.2 Å². The van der Waals surface area contributed by atoms with E-state index in [4.69, 9.17) is 23.2 Å². The van der Waals surface area contributed by atoms with Crippen molar-refractivity contribution < 1.29 is 10.3 Å². The van der Waals surface area contributed by atoms with Gasteiger partial charge in [-0.05, 0) is 42.5 Å². The van der Waals surface area contributed by atoms with E-state index in [1.807, 2.05) is 0 Å². The number of aromatic amines is 1. The van der Waals surface area contributed by atoms with Gasteiger partial charge in [0.15, 0.2) is 0 Å². The number of rotatable bonds is 2. The van der Waals surface area contributed by atoms with Gasteiger partial charge in [0.05, 0.1) is 11.0 Å². The lowest BCUT2D eigenvalue weighted by Crippen LogP contribution is -2.12. The van der Waals surface area contributed by atoms with E-state index in [2.05, 4.69) is 15.3 Å². The SMILES string of the molecule is O.O=C(Nc1nc2ccc(Cl)cc2[nH]1)c1ccc(Cl)cc1. The van der Waals surface area contributed by atoms with Gasteiger partial charge < -0.3 is 10.5 Å². The zero-order chi connectivity index (χ0) is 14.1. The number of carbonyl (C=O) groups is 1. The van der Waals surface area contributed by atoms with E-state index >= 15 is 0 Å². The number of aromatic nitrogens is 2. The van der Waals surface area contributed by atoms with E-state index < -0.39 is 0 Å². The number of benzene rings is 2. The Hall–Kier alpha value is -2.08. The van der Waals surface area contributed by atoms with Gasteiger partial charge in [-0.25, -0.2) is 4.98 Å². The van der Waals surface area contributed by atoms with Gasteiger partial charge in [-0.3, -0.25) is 10.1 Å². The predicted octanol–water partition coefficient (Wildman–Crippen LogP) is 3.30. The molecule has 2 aromatic carbocycles. The number of anilines is 1. The van der Waals surface area contributed by atoms with E-state index in [0.717, 1.165) is 11.0 Å². The molecule has 7 heteroatoms. The molecule has 0 bridgehead atoms. The molecule has 0 atom stereocenters. The highest BCUT2D eigenvalue weighted by Gasteiger charge is 2.09. The van der Waals surface area contributed by atoms with E-state index in [0.29, 0.717) is 21.6 Å². The lowest BCUT2D eigenvalue weighted by Gasteiger charge is -2.01. The van der Waals surface area contributed by atoms with Gasteiger partial charge in [0.1, 0.15) is 0 Å². The van der Waals surface area contributed by atoms with Crippen LogP contribution in [0.3, 0.4) is 0 Å². The summed E-state index contributed by atoms with van der Waals surface area (Å²) in [7, 11) is 0. The molecule has 1 heterocycles. The summed E-state index contributed by atoms with van der Waals surface area (Å²) < 4.78 is 0. The third-order valence-electron chi connectivity index (χ3n) is 2.78. The molecule has 1 aromatic heterocycles. The quantitative estimate of drug-likeness (QED) is 0.757. The zero-order valence-corrected chi connectivity index (χ0v) is 12.2. The molecule has 0 unspecified atom stereocenters. The van der Waals surface area contributed by atoms with Gasteiger partial charge in [0.2, 0.25) is 5.95 Å². The minimum Gasteiger partial charge on any atom is -0.412 e. The van der Waals surface area contributed by atoms with Crippen LogP contribution in [0.25, 0.3) is 11.0 Å². The fraction of sp³-hybridized carbons (Fsp3) is 0. The Bertz CT molecular complexity index is 785. The van der Waals surface area contributed by atoms with Crippen LogP contribution in [0.5, 0.6) is 0 Å². The molecule has 4 N–H and O–H groups in total. The van der Waals surface area contributed by atoms with Crippen molar-refractivity contribution in [3.8, 4) is 0 Å². The largest absolute Gasteiger partial charge is 0.412 e. The lowest BCUT2D eigenvalue weighted by atomic mass is 10.2. The Morgan fingerprint density at radius 3 is 2.43 bits per heavy atom. The Morgan fingerprint density at radius 2 is 1.71 bits per heavy atom. The molecule has 0 aliphatic rings. The minimum atomic E-state index is -0.258. The fourth-order valence-electron chi connectivity index (χ4n) is 1.82. The molecule has 3 aromatic rings. The molecule has 108 valence electrons. The molecular weight excluding hydrogens is 313 g/mol. The number of nitrogens with one attached hydrogen (secondary N) is 2. The summed E-state index contributed by atoms with van der Waals surface area (Å²) in [6, 6.07) is 11.9. The van der Waals surface area contributed by atoms with Crippen molar-refractivity contribution in [3.05, 3.63) is 58.1 Å². The molecule has 0 spiro atoms. The summed E-state index contributed by atoms with van der Waals surface area (Å²) in [4.78, 5) is 19.3. The minimum absolute atomic E-state index is 0. The average Bonchev–Trinajstić information content (AvgIpc) is 2.80. The van der Waals surface area contributed by atoms with Gasteiger partial charge in [-0.2, -0.15) is 0 Å². The molecule has 21 heavy (non-hydrogen) atoms. The van der Waals surface area contributed by atoms with E-state index in [1.165, 1.54) is 0 Å². The maximum Gasteiger partial charge on any atom is 0.257 e. The predicted molar refractivity (Wildman–Crippen MR) is 84.1 cm³/mol. The van der Waals surface area contributed by atoms with Gasteiger partial charge in [0, 0.05) is 15.6 Å². The van der Waals surface area contributed by atoms with Crippen LogP contribution in [0.1, 0.15) is 10.4 Å². The Morgan fingerprint density at radius 1 is 1.05 bits per heavy atom. The number of hydrogen-bond acceptors (Lipinski definition) is 2. The van der Waals surface area contributed by atoms with E-state index in [1.54, 1.807) is 42.5 Å². The number of carbonyl (C=O) groups excluding carboxylic acids is 1. The summed E-state index contributed by atoms with van der Waals surface area (Å²) in [6.45, 7) is 0. The van der Waals surface area contributed by atoms with Crippen LogP contribution in [0, 0.1) is 0 Å². The van der Waals surface area contributed by atoms with Crippen LogP contribution in [0.4, 0.5) is 5.95 Å². The first-order chi connectivity index (χ1) is 9.61. The molecular formula is C14H11Cl2N3O2. The monoisotopic (exact) mass is 323 g/mol. The second-order valence-electron chi connectivity index (χ2n) is 4.21. The van der Waals surface area contributed by atoms with Crippen molar-refractivity contribution >= 4 is 46.1 Å². The number of nitrogens with zero attached hydrogens (tertiary/aromatic N) is 1. The number of fused-ring (bicyclic) bond motifs is 1. The van der Waals surface area contributed by atoms with E-state index in [9.17, 15) is 4.79 Å². The van der Waals surface area contributed by atoms with Crippen LogP contribution < -0.4 is 5.32 Å². The third-order valence-corrected chi connectivity index (χ3v) is 3.27. The van der Waals surface area contributed by atoms with Gasteiger partial charge >= 0.3 is 0 Å². The van der Waals surface area contributed by atoms with Crippen molar-refractivity contribution in [2.45, 2.75) is 0 Å². The first kappa shape index (κ1) is 15.3. The van der Waals surface area contributed by atoms with Crippen LogP contribution in [-0.2, 0) is 0 Å². The van der Waals surface area contributed by atoms with Crippen molar-refractivity contribution in [1.82, 2.24) is 9.97 Å². The van der Waals surface area contributed by atoms with Crippen molar-refractivity contribution in [3.63, 3.8) is 0 Å². The number of amides is 1. The maximum absolute atomic E-state index is 12.0. The Balaban J connectivity index is 0.00000161. The highest BCUT2D eigenvalue weighted by Crippen LogP contribution is 2.19. The summed E-state index contributed by atoms with van der Waals surface area (Å²) >= 11 is 11.7. The fourth-order valence-corrected chi connectivity index (χ4v) is 2.12. The molecule has 0 aliphatic carbocycles.